The van der Waals surface area contributed by atoms with E-state index in [1.165, 1.54) is 11.0 Å². The number of carbonyl (C=O) groups is 2. The Labute approximate surface area is 193 Å². The summed E-state index contributed by atoms with van der Waals surface area (Å²) in [6.07, 6.45) is -4.60. The first-order valence-corrected chi connectivity index (χ1v) is 10.7. The average molecular weight is 483 g/mol. The van der Waals surface area contributed by atoms with E-state index in [4.69, 9.17) is 4.74 Å². The van der Waals surface area contributed by atoms with Crippen LogP contribution in [0.4, 0.5) is 28.2 Å². The number of benzene rings is 1. The molecule has 1 aliphatic heterocycles. The van der Waals surface area contributed by atoms with E-state index in [9.17, 15) is 27.2 Å². The summed E-state index contributed by atoms with van der Waals surface area (Å²) in [4.78, 5) is 27.5. The monoisotopic (exact) mass is 483 g/mol. The zero-order valence-corrected chi connectivity index (χ0v) is 18.7. The molecule has 1 saturated heterocycles. The molecule has 0 radical (unpaired) electrons. The number of halogens is 4. The van der Waals surface area contributed by atoms with E-state index in [1.807, 2.05) is 13.8 Å². The van der Waals surface area contributed by atoms with Gasteiger partial charge in [-0.2, -0.15) is 13.2 Å². The Morgan fingerprint density at radius 1 is 1.09 bits per heavy atom. The number of amides is 2. The van der Waals surface area contributed by atoms with E-state index in [-0.39, 0.29) is 32.1 Å². The molecule has 184 valence electrons. The van der Waals surface area contributed by atoms with Crippen molar-refractivity contribution in [3.8, 4) is 5.88 Å². The molecule has 2 amide bonds. The fraction of sp³-hybridized carbons (Fsp3) is 0.455. The summed E-state index contributed by atoms with van der Waals surface area (Å²) in [6, 6.07) is 4.93. The van der Waals surface area contributed by atoms with Crippen LogP contribution in [0.3, 0.4) is 0 Å². The lowest BCUT2D eigenvalue weighted by Crippen LogP contribution is -2.49. The quantitative estimate of drug-likeness (QED) is 0.630. The number of piperazine rings is 1. The lowest BCUT2D eigenvalue weighted by atomic mass is 10.0. The van der Waals surface area contributed by atoms with Gasteiger partial charge in [0.15, 0.2) is 5.82 Å². The van der Waals surface area contributed by atoms with Crippen LogP contribution in [-0.2, 0) is 6.18 Å². The second-order valence-corrected chi connectivity index (χ2v) is 8.20. The number of nitrogens with one attached hydrogen (secondary N) is 1. The van der Waals surface area contributed by atoms with Crippen molar-refractivity contribution < 1.29 is 31.9 Å². The topological polar surface area (TPSA) is 87.7 Å². The van der Waals surface area contributed by atoms with Crippen molar-refractivity contribution in [2.24, 2.45) is 5.92 Å². The molecule has 8 nitrogen and oxygen atoms in total. The molecule has 0 unspecified atom stereocenters. The number of nitrogens with zero attached hydrogens (tertiary/aromatic N) is 4. The van der Waals surface area contributed by atoms with Crippen molar-refractivity contribution in [2.75, 3.05) is 37.6 Å². The predicted octanol–water partition coefficient (Wildman–Crippen LogP) is 3.73. The second kappa shape index (κ2) is 10.7. The van der Waals surface area contributed by atoms with E-state index in [0.29, 0.717) is 36.5 Å². The fourth-order valence-electron chi connectivity index (χ4n) is 3.38. The first-order chi connectivity index (χ1) is 16.0. The highest BCUT2D eigenvalue weighted by molar-refractivity contribution is 5.96. The molecule has 1 aromatic carbocycles. The number of hydrogen-bond acceptors (Lipinski definition) is 6. The largest absolute Gasteiger partial charge is 0.417 e. The third-order valence-electron chi connectivity index (χ3n) is 5.22. The van der Waals surface area contributed by atoms with Gasteiger partial charge in [0.2, 0.25) is 5.88 Å². The number of rotatable bonds is 6. The molecule has 34 heavy (non-hydrogen) atoms. The first-order valence-electron chi connectivity index (χ1n) is 10.7. The van der Waals surface area contributed by atoms with E-state index >= 15 is 0 Å². The summed E-state index contributed by atoms with van der Waals surface area (Å²) >= 11 is 0. The zero-order valence-electron chi connectivity index (χ0n) is 18.7. The van der Waals surface area contributed by atoms with Gasteiger partial charge in [0.25, 0.3) is 5.91 Å². The van der Waals surface area contributed by atoms with Crippen LogP contribution in [0.25, 0.3) is 0 Å². The number of hydrogen-bond donors (Lipinski definition) is 1. The second-order valence-electron chi connectivity index (χ2n) is 8.20. The lowest BCUT2D eigenvalue weighted by Gasteiger charge is -2.35. The van der Waals surface area contributed by atoms with Crippen LogP contribution in [0.2, 0.25) is 0 Å². The Morgan fingerprint density at radius 3 is 2.38 bits per heavy atom. The van der Waals surface area contributed by atoms with Crippen molar-refractivity contribution >= 4 is 17.8 Å². The first kappa shape index (κ1) is 25.2. The summed E-state index contributed by atoms with van der Waals surface area (Å²) in [5.41, 5.74) is -1.88. The molecule has 1 fully saturated rings. The van der Waals surface area contributed by atoms with Gasteiger partial charge in [-0.05, 0) is 36.6 Å². The summed E-state index contributed by atoms with van der Waals surface area (Å²) in [5, 5.41) is 10.5. The number of aromatic nitrogens is 2. The Bertz CT molecular complexity index is 1010. The van der Waals surface area contributed by atoms with Crippen LogP contribution in [-0.4, -0.2) is 59.8 Å². The van der Waals surface area contributed by atoms with Gasteiger partial charge in [-0.25, -0.2) is 9.18 Å². The normalized spacial score (nSPS) is 14.3. The molecular formula is C22H25F4N5O3. The summed E-state index contributed by atoms with van der Waals surface area (Å²) in [6.45, 7) is 5.35. The van der Waals surface area contributed by atoms with Crippen molar-refractivity contribution in [1.82, 2.24) is 20.4 Å². The third kappa shape index (κ3) is 6.55. The minimum atomic E-state index is -4.77. The number of anilines is 1. The van der Waals surface area contributed by atoms with Gasteiger partial charge >= 0.3 is 12.3 Å². The molecule has 0 aliphatic carbocycles. The maximum Gasteiger partial charge on any atom is 0.417 e. The van der Waals surface area contributed by atoms with Crippen LogP contribution in [0, 0.1) is 11.7 Å². The fourth-order valence-corrected chi connectivity index (χ4v) is 3.38. The Balaban J connectivity index is 1.57. The van der Waals surface area contributed by atoms with Crippen LogP contribution in [0.1, 0.15) is 36.2 Å². The summed E-state index contributed by atoms with van der Waals surface area (Å²) in [7, 11) is 0. The number of alkyl halides is 3. The van der Waals surface area contributed by atoms with E-state index < -0.39 is 35.1 Å². The summed E-state index contributed by atoms with van der Waals surface area (Å²) < 4.78 is 58.4. The third-order valence-corrected chi connectivity index (χ3v) is 5.22. The van der Waals surface area contributed by atoms with Crippen LogP contribution < -0.4 is 15.0 Å². The van der Waals surface area contributed by atoms with Crippen molar-refractivity contribution in [1.29, 1.82) is 0 Å². The highest BCUT2D eigenvalue weighted by atomic mass is 19.4. The van der Waals surface area contributed by atoms with Crippen molar-refractivity contribution in [3.63, 3.8) is 0 Å². The van der Waals surface area contributed by atoms with Crippen LogP contribution >= 0.6 is 0 Å². The molecule has 0 atom stereocenters. The molecule has 0 spiro atoms. The van der Waals surface area contributed by atoms with Crippen LogP contribution in [0.5, 0.6) is 5.88 Å². The van der Waals surface area contributed by atoms with Crippen LogP contribution in [0.15, 0.2) is 30.3 Å². The smallest absolute Gasteiger partial charge is 0.390 e. The number of ether oxygens (including phenoxy) is 1. The minimum absolute atomic E-state index is 0.0189. The Hall–Kier alpha value is -3.44. The SMILES string of the molecule is CC(C)CCNC(=O)Oc1ccc(N2CCN(C(=O)c3cc(F)ccc3C(F)(F)F)CC2)nn1. The minimum Gasteiger partial charge on any atom is -0.390 e. The molecule has 1 N–H and O–H groups in total. The van der Waals surface area contributed by atoms with Crippen molar-refractivity contribution in [2.45, 2.75) is 26.4 Å². The molecule has 0 saturated carbocycles. The lowest BCUT2D eigenvalue weighted by molar-refractivity contribution is -0.138. The standard InChI is InChI=1S/C22H25F4N5O3/c1-14(2)7-8-27-21(33)34-19-6-5-18(28-29-19)30-9-11-31(12-10-30)20(32)16-13-15(23)3-4-17(16)22(24,25)26/h3-6,13-14H,7-12H2,1-2H3,(H,27,33). The van der Waals surface area contributed by atoms with E-state index in [2.05, 4.69) is 15.5 Å². The molecule has 2 aromatic rings. The molecule has 12 heteroatoms. The zero-order chi connectivity index (χ0) is 24.9. The van der Waals surface area contributed by atoms with Gasteiger partial charge < -0.3 is 19.9 Å². The Kier molecular flexibility index (Phi) is 7.90. The van der Waals surface area contributed by atoms with Gasteiger partial charge in [0.05, 0.1) is 11.1 Å². The summed E-state index contributed by atoms with van der Waals surface area (Å²) in [5.74, 6) is -0.881. The highest BCUT2D eigenvalue weighted by Gasteiger charge is 2.37. The molecule has 2 heterocycles. The molecule has 1 aliphatic rings. The molecular weight excluding hydrogens is 458 g/mol. The maximum absolute atomic E-state index is 13.6. The Morgan fingerprint density at radius 2 is 1.79 bits per heavy atom. The van der Waals surface area contributed by atoms with E-state index in [1.54, 1.807) is 11.0 Å². The van der Waals surface area contributed by atoms with Gasteiger partial charge in [-0.15, -0.1) is 10.2 Å². The molecule has 1 aromatic heterocycles. The molecule has 3 rings (SSSR count). The maximum atomic E-state index is 13.6. The van der Waals surface area contributed by atoms with E-state index in [0.717, 1.165) is 6.42 Å². The van der Waals surface area contributed by atoms with Gasteiger partial charge in [-0.3, -0.25) is 4.79 Å². The van der Waals surface area contributed by atoms with Gasteiger partial charge in [0.1, 0.15) is 5.82 Å². The van der Waals surface area contributed by atoms with Gasteiger partial charge in [-0.1, -0.05) is 13.8 Å². The number of carbonyl (C=O) groups excluding carboxylic acids is 2. The predicted molar refractivity (Wildman–Crippen MR) is 115 cm³/mol. The highest BCUT2D eigenvalue weighted by Crippen LogP contribution is 2.33. The average Bonchev–Trinajstić information content (AvgIpc) is 2.78. The van der Waals surface area contributed by atoms with Crippen molar-refractivity contribution in [3.05, 3.63) is 47.3 Å². The van der Waals surface area contributed by atoms with Gasteiger partial charge in [0, 0.05) is 38.8 Å². The molecule has 0 bridgehead atoms.